The molecule has 0 radical (unpaired) electrons. The monoisotopic (exact) mass is 2660 g/mol. The van der Waals surface area contributed by atoms with Crippen LogP contribution in [0.4, 0.5) is 34.1 Å². The number of imidazole rings is 6. The first-order valence-electron chi connectivity index (χ1n) is 46.6. The van der Waals surface area contributed by atoms with Crippen molar-refractivity contribution in [2.75, 3.05) is 9.80 Å². The summed E-state index contributed by atoms with van der Waals surface area (Å²) in [4.78, 5) is 39.8. The average Bonchev–Trinajstić information content (AvgIpc) is 1.17. The van der Waals surface area contributed by atoms with Crippen molar-refractivity contribution in [2.45, 2.75) is 55.4 Å². The summed E-state index contributed by atoms with van der Waals surface area (Å²) in [5.41, 5.74) is 26.4. The van der Waals surface area contributed by atoms with Gasteiger partial charge in [0.1, 0.15) is 0 Å². The van der Waals surface area contributed by atoms with Gasteiger partial charge >= 0.3 is 84.3 Å². The van der Waals surface area contributed by atoms with E-state index in [-0.39, 0.29) is 84.3 Å². The normalized spacial score (nSPS) is 10.6. The molecule has 0 aliphatic rings. The summed E-state index contributed by atoms with van der Waals surface area (Å²) in [7, 11) is 3.76. The van der Waals surface area contributed by atoms with E-state index in [1.54, 1.807) is 35.4 Å². The fourth-order valence-corrected chi connectivity index (χ4v) is 16.7. The average molecular weight is 2660 g/mol. The Morgan fingerprint density at radius 2 is 0.466 bits per heavy atom. The van der Waals surface area contributed by atoms with Gasteiger partial charge in [-0.05, 0) is 172 Å². The maximum atomic E-state index is 6.02. The number of para-hydroxylation sites is 6. The van der Waals surface area contributed by atoms with Crippen molar-refractivity contribution in [3.63, 3.8) is 0 Å². The van der Waals surface area contributed by atoms with Crippen molar-refractivity contribution in [1.82, 2.24) is 67.3 Å². The first-order valence-corrected chi connectivity index (χ1v) is 46.6. The summed E-state index contributed by atoms with van der Waals surface area (Å²) >= 11 is 0. The number of nitrogens with zero attached hydrogens (tertiary/aromatic N) is 16. The minimum absolute atomic E-state index is 0. The van der Waals surface area contributed by atoms with Crippen LogP contribution in [-0.2, 0) is 98.4 Å². The molecule has 0 saturated heterocycles. The van der Waals surface area contributed by atoms with Gasteiger partial charge in [-0.15, -0.1) is 168 Å². The Morgan fingerprint density at radius 1 is 0.216 bits per heavy atom. The molecule has 0 amide bonds. The van der Waals surface area contributed by atoms with Crippen LogP contribution in [0.1, 0.15) is 44.5 Å². The second-order valence-electron chi connectivity index (χ2n) is 33.9. The number of pyridine rings is 2. The molecule has 0 saturated carbocycles. The summed E-state index contributed by atoms with van der Waals surface area (Å²) in [6.07, 6.45) is 26.0. The summed E-state index contributed by atoms with van der Waals surface area (Å²) < 4.78 is 47.4. The second kappa shape index (κ2) is 50.1. The van der Waals surface area contributed by atoms with Gasteiger partial charge in [0, 0.05) is 144 Å². The van der Waals surface area contributed by atoms with E-state index in [1.807, 2.05) is 290 Å². The van der Waals surface area contributed by atoms with E-state index in [1.165, 1.54) is 44.5 Å². The number of aryl methyl sites for hydroxylation is 10. The molecule has 22 aromatic rings. The fraction of sp³-hybridized carbons (Fsp3) is 0.0820. The predicted octanol–water partition coefficient (Wildman–Crippen LogP) is 29.0. The zero-order valence-corrected chi connectivity index (χ0v) is 91.1. The third-order valence-electron chi connectivity index (χ3n) is 23.4. The molecule has 0 atom stereocenters. The van der Waals surface area contributed by atoms with Crippen molar-refractivity contribution in [3.8, 4) is 138 Å². The van der Waals surface area contributed by atoms with Crippen LogP contribution in [0.25, 0.3) is 67.8 Å². The summed E-state index contributed by atoms with van der Waals surface area (Å²) in [5, 5.41) is 0. The number of anilines is 6. The van der Waals surface area contributed by atoms with Gasteiger partial charge in [0.15, 0.2) is 0 Å². The quantitative estimate of drug-likeness (QED) is 0.0464. The van der Waals surface area contributed by atoms with E-state index in [9.17, 15) is 0 Å². The van der Waals surface area contributed by atoms with E-state index in [0.29, 0.717) is 69.8 Å². The molecule has 14 aromatic carbocycles. The van der Waals surface area contributed by atoms with E-state index < -0.39 is 0 Å². The zero-order chi connectivity index (χ0) is 98.8. The molecular weight excluding hydrogens is 2570 g/mol. The molecule has 0 N–H and O–H groups in total. The molecule has 22 rings (SSSR count). The van der Waals surface area contributed by atoms with Crippen LogP contribution in [0.3, 0.4) is 0 Å². The van der Waals surface area contributed by atoms with Crippen LogP contribution in [0, 0.1) is 104 Å². The van der Waals surface area contributed by atoms with E-state index in [2.05, 4.69) is 262 Å². The Balaban J connectivity index is 0.000000147. The van der Waals surface area contributed by atoms with E-state index >= 15 is 0 Å². The molecule has 8 aromatic heterocycles. The molecule has 148 heavy (non-hydrogen) atoms. The molecule has 0 bridgehead atoms. The Morgan fingerprint density at radius 3 is 0.770 bits per heavy atom. The van der Waals surface area contributed by atoms with Crippen LogP contribution in [0.5, 0.6) is 69.8 Å². The van der Waals surface area contributed by atoms with Crippen molar-refractivity contribution in [3.05, 3.63) is 496 Å². The maximum absolute atomic E-state index is 6.02. The van der Waals surface area contributed by atoms with Crippen molar-refractivity contribution in [2.24, 2.45) is 14.1 Å². The minimum atomic E-state index is 0. The van der Waals surface area contributed by atoms with Crippen molar-refractivity contribution >= 4 is 34.1 Å². The first kappa shape index (κ1) is 106. The van der Waals surface area contributed by atoms with Crippen molar-refractivity contribution < 1.29 is 113 Å². The number of rotatable bonds is 26. The Hall–Kier alpha value is -16.2. The molecule has 0 fully saturated rings. The van der Waals surface area contributed by atoms with Gasteiger partial charge < -0.3 is 65.6 Å². The molecule has 8 heterocycles. The summed E-state index contributed by atoms with van der Waals surface area (Å²) in [6, 6.07) is 131. The van der Waals surface area contributed by atoms with Gasteiger partial charge in [-0.2, -0.15) is 24.3 Å². The van der Waals surface area contributed by atoms with Crippen LogP contribution in [0.2, 0.25) is 0 Å². The second-order valence-corrected chi connectivity index (χ2v) is 33.9. The molecular formula is C122H96N16O6Pt4. The van der Waals surface area contributed by atoms with Crippen LogP contribution < -0.4 is 38.2 Å². The Bertz CT molecular complexity index is 8100. The van der Waals surface area contributed by atoms with Crippen molar-refractivity contribution in [1.29, 1.82) is 0 Å². The maximum Gasteiger partial charge on any atom is 2.00 e. The number of aromatic nitrogens is 14. The summed E-state index contributed by atoms with van der Waals surface area (Å²) in [5.74, 6) is 5.40. The molecule has 0 spiro atoms. The van der Waals surface area contributed by atoms with Gasteiger partial charge in [0.05, 0.1) is 48.1 Å². The van der Waals surface area contributed by atoms with Crippen LogP contribution in [-0.4, -0.2) is 67.3 Å². The Kier molecular flexibility index (Phi) is 35.9. The number of hydrogen-bond acceptors (Lipinski definition) is 16. The molecule has 26 heteroatoms. The largest absolute Gasteiger partial charge is 2.00 e. The zero-order valence-electron chi connectivity index (χ0n) is 82.0. The minimum Gasteiger partial charge on any atom is -0.503 e. The fourth-order valence-electron chi connectivity index (χ4n) is 16.7. The van der Waals surface area contributed by atoms with Crippen LogP contribution in [0.15, 0.2) is 403 Å². The number of benzene rings is 14. The number of ether oxygens (including phenoxy) is 6. The molecule has 22 nitrogen and oxygen atoms in total. The third-order valence-corrected chi connectivity index (χ3v) is 23.4. The van der Waals surface area contributed by atoms with E-state index in [0.717, 1.165) is 102 Å². The standard InChI is InChI=1S/C34H26N4O.C33H27N5O.C28H21N3O2.C27H22N4O2.4Pt/c1-25-11-8-12-26(2)34(25)37-23-32(36-24-37)27-13-9-16-29(21-27)38(28-14-4-3-5-15-28)30-17-10-18-31(22-30)39-33-19-6-7-20-35-33;1-24-10-7-11-25(2)32(24)37-22-31(35-23-37)26-12-8-15-28(20-26)38(27-13-5-4-6-14-27)29-16-9-17-30(21-29)39-33-34-18-19-36(33)3;1-20-8-5-9-21(2)28(20)31-18-26(30-19-31)22-10-6-11-23(16-22)32-24-12-7-13-25(17-24)33-27-14-3-4-15-29-27;1-19-7-4-8-20(2)26(19)31-17-25(29-18-31)21-9-5-10-22(15-21)32-23-11-6-12-24(16-23)33-27-28-13-14-30(27)3;;;;/h3-20,23-24H,1-2H3;4-19,22-23H,1-3H3;3-15,18-19H,1-2H3;4-14,17-18H,1-3H3;;;;/q4*-2;4*+2. The number of hydrogen-bond donors (Lipinski definition) is 0. The van der Waals surface area contributed by atoms with E-state index in [4.69, 9.17) is 38.4 Å². The molecule has 740 valence electrons. The van der Waals surface area contributed by atoms with Gasteiger partial charge in [-0.3, -0.25) is 19.9 Å². The molecule has 0 aliphatic heterocycles. The SMILES string of the molecule is Cc1cccc(C)c1-n1cnc(-c2[c-]c(N(c3[c-]c(Oc4ccccn4)ccc3)c3ccccc3)ccc2)c1.Cc1cccc(C)c1-n1cnc(-c2[c-]c(N(c3[c-]c(Oc4nccn4C)ccc3)c3ccccc3)ccc2)c1.Cc1cccc(C)c1-n1cnc(-c2[c-]c(Oc3[c-]c(Oc4ccccn4)ccc3)ccc2)c1.Cc1cccc(C)c1-n1cnc(-c2[c-]c(Oc3[c-]c(Oc4nccn4C)ccc3)ccc2)c1.[Pt+2].[Pt+2].[Pt+2].[Pt+2]. The van der Waals surface area contributed by atoms with Gasteiger partial charge in [0.25, 0.3) is 12.0 Å². The van der Waals surface area contributed by atoms with Gasteiger partial charge in [0.2, 0.25) is 11.8 Å². The Labute approximate surface area is 918 Å². The topological polar surface area (TPSA) is 195 Å². The predicted molar refractivity (Wildman–Crippen MR) is 562 cm³/mol. The third kappa shape index (κ3) is 26.0. The van der Waals surface area contributed by atoms with Gasteiger partial charge in [-0.1, -0.05) is 157 Å². The molecule has 0 aliphatic carbocycles. The molecule has 0 unspecified atom stereocenters. The smallest absolute Gasteiger partial charge is 0.503 e. The first-order chi connectivity index (χ1) is 70.4. The van der Waals surface area contributed by atoms with Gasteiger partial charge in [-0.25, -0.2) is 19.9 Å². The summed E-state index contributed by atoms with van der Waals surface area (Å²) in [6.45, 7) is 16.9. The van der Waals surface area contributed by atoms with Crippen LogP contribution >= 0.6 is 0 Å².